The molecule has 0 atom stereocenters. The van der Waals surface area contributed by atoms with Crippen LogP contribution < -0.4 is 4.74 Å². The molecule has 132 valence electrons. The normalized spacial score (nSPS) is 12.0. The van der Waals surface area contributed by atoms with E-state index in [9.17, 15) is 18.0 Å². The van der Waals surface area contributed by atoms with E-state index in [2.05, 4.69) is 4.74 Å². The highest BCUT2D eigenvalue weighted by molar-refractivity contribution is 5.84. The van der Waals surface area contributed by atoms with Crippen molar-refractivity contribution >= 4 is 11.5 Å². The van der Waals surface area contributed by atoms with Crippen molar-refractivity contribution in [3.63, 3.8) is 0 Å². The second kappa shape index (κ2) is 8.03. The number of carbonyl (C=O) groups is 1. The van der Waals surface area contributed by atoms with Crippen LogP contribution in [0.3, 0.4) is 0 Å². The average Bonchev–Trinajstić information content (AvgIpc) is 2.58. The number of hydrogen-bond donors (Lipinski definition) is 1. The number of ether oxygens (including phenoxy) is 1. The Balaban J connectivity index is 2.44. The van der Waals surface area contributed by atoms with Gasteiger partial charge in [0.2, 0.25) is 0 Å². The third-order valence-electron chi connectivity index (χ3n) is 3.20. The fourth-order valence-corrected chi connectivity index (χ4v) is 2.18. The fourth-order valence-electron chi connectivity index (χ4n) is 2.18. The molecule has 7 heteroatoms. The molecule has 0 radical (unpaired) electrons. The highest BCUT2D eigenvalue weighted by Crippen LogP contribution is 2.28. The fraction of sp³-hybridized carbons (Fsp3) is 0.0526. The Kier molecular flexibility index (Phi) is 5.81. The third kappa shape index (κ3) is 5.53. The maximum Gasteiger partial charge on any atom is 0.573 e. The van der Waals surface area contributed by atoms with Gasteiger partial charge in [-0.05, 0) is 41.0 Å². The van der Waals surface area contributed by atoms with E-state index in [1.54, 1.807) is 24.3 Å². The first-order valence-electron chi connectivity index (χ1n) is 7.26. The monoisotopic (exact) mass is 359 g/mol. The van der Waals surface area contributed by atoms with Crippen molar-refractivity contribution in [2.45, 2.75) is 6.36 Å². The van der Waals surface area contributed by atoms with Gasteiger partial charge < -0.3 is 9.84 Å². The second-order valence-electron chi connectivity index (χ2n) is 5.04. The van der Waals surface area contributed by atoms with Gasteiger partial charge in [0.05, 0.1) is 11.6 Å². The van der Waals surface area contributed by atoms with Gasteiger partial charge in [-0.1, -0.05) is 36.4 Å². The minimum absolute atomic E-state index is 0.368. The maximum absolute atomic E-state index is 12.3. The predicted octanol–water partition coefficient (Wildman–Crippen LogP) is 4.53. The summed E-state index contributed by atoms with van der Waals surface area (Å²) in [5.41, 5.74) is 2.08. The molecule has 0 aromatic heterocycles. The third-order valence-corrected chi connectivity index (χ3v) is 3.20. The maximum atomic E-state index is 12.3. The number of allylic oxidation sites excluding steroid dienone is 2. The molecule has 0 aliphatic carbocycles. The summed E-state index contributed by atoms with van der Waals surface area (Å²) in [6.45, 7) is 0. The lowest BCUT2D eigenvalue weighted by Gasteiger charge is -2.11. The Bertz CT molecular complexity index is 891. The van der Waals surface area contributed by atoms with Crippen LogP contribution in [-0.4, -0.2) is 17.4 Å². The van der Waals surface area contributed by atoms with Crippen molar-refractivity contribution in [2.24, 2.45) is 0 Å². The lowest BCUT2D eigenvalue weighted by Crippen LogP contribution is -2.17. The number of aliphatic carboxylic acids is 1. The van der Waals surface area contributed by atoms with Gasteiger partial charge in [0.15, 0.2) is 0 Å². The Morgan fingerprint density at radius 3 is 2.38 bits per heavy atom. The first-order chi connectivity index (χ1) is 12.3. The van der Waals surface area contributed by atoms with E-state index in [1.807, 2.05) is 6.07 Å². The molecule has 0 spiro atoms. The summed E-state index contributed by atoms with van der Waals surface area (Å²) < 4.78 is 40.6. The van der Waals surface area contributed by atoms with Gasteiger partial charge in [0, 0.05) is 6.08 Å². The van der Waals surface area contributed by atoms with E-state index >= 15 is 0 Å². The molecule has 2 aromatic carbocycles. The van der Waals surface area contributed by atoms with Gasteiger partial charge in [-0.3, -0.25) is 0 Å². The van der Waals surface area contributed by atoms with Crippen LogP contribution in [0.15, 0.2) is 66.8 Å². The van der Waals surface area contributed by atoms with Crippen molar-refractivity contribution in [1.29, 1.82) is 5.26 Å². The van der Waals surface area contributed by atoms with Crippen molar-refractivity contribution in [3.05, 3.63) is 83.4 Å². The highest BCUT2D eigenvalue weighted by Gasteiger charge is 2.30. The number of rotatable bonds is 5. The number of alkyl halides is 3. The molecule has 1 N–H and O–H groups in total. The highest BCUT2D eigenvalue weighted by atomic mass is 19.4. The van der Waals surface area contributed by atoms with Gasteiger partial charge in [-0.15, -0.1) is 13.2 Å². The molecule has 0 unspecified atom stereocenters. The molecule has 0 saturated carbocycles. The number of benzene rings is 2. The van der Waals surface area contributed by atoms with Gasteiger partial charge >= 0.3 is 12.3 Å². The Hall–Kier alpha value is -3.53. The zero-order valence-corrected chi connectivity index (χ0v) is 13.2. The minimum atomic E-state index is -4.79. The van der Waals surface area contributed by atoms with Crippen LogP contribution in [0, 0.1) is 11.3 Å². The van der Waals surface area contributed by atoms with E-state index in [4.69, 9.17) is 10.4 Å². The SMILES string of the molecule is N#Cc1cccc(C(=CC=CC(=O)O)c2ccc(OC(F)(F)F)cc2)c1. The summed E-state index contributed by atoms with van der Waals surface area (Å²) in [5.74, 6) is -1.51. The van der Waals surface area contributed by atoms with Crippen LogP contribution in [-0.2, 0) is 4.79 Å². The molecule has 4 nitrogen and oxygen atoms in total. The molecule has 2 rings (SSSR count). The Morgan fingerprint density at radius 1 is 1.12 bits per heavy atom. The number of nitrogens with zero attached hydrogens (tertiary/aromatic N) is 1. The standard InChI is InChI=1S/C19H12F3NO3/c20-19(21,22)26-16-9-7-14(8-10-16)17(5-2-6-18(24)25)15-4-1-3-13(11-15)12-23/h1-11H,(H,24,25). The number of carboxylic acid groups (broad SMARTS) is 1. The molecule has 0 amide bonds. The topological polar surface area (TPSA) is 70.3 Å². The first kappa shape index (κ1) is 18.8. The van der Waals surface area contributed by atoms with Crippen LogP contribution in [0.5, 0.6) is 5.75 Å². The Morgan fingerprint density at radius 2 is 1.81 bits per heavy atom. The molecule has 2 aromatic rings. The molecular formula is C19H12F3NO3. The summed E-state index contributed by atoms with van der Waals surface area (Å²) >= 11 is 0. The number of halogens is 3. The van der Waals surface area contributed by atoms with E-state index in [1.165, 1.54) is 24.3 Å². The zero-order chi connectivity index (χ0) is 19.2. The van der Waals surface area contributed by atoms with E-state index < -0.39 is 12.3 Å². The lowest BCUT2D eigenvalue weighted by atomic mass is 9.96. The summed E-state index contributed by atoms with van der Waals surface area (Å²) in [5, 5.41) is 17.7. The molecular weight excluding hydrogens is 347 g/mol. The first-order valence-corrected chi connectivity index (χ1v) is 7.26. The second-order valence-corrected chi connectivity index (χ2v) is 5.04. The molecule has 0 heterocycles. The molecule has 0 saturated heterocycles. The van der Waals surface area contributed by atoms with Crippen molar-refractivity contribution < 1.29 is 27.8 Å². The number of hydrogen-bond acceptors (Lipinski definition) is 3. The van der Waals surface area contributed by atoms with Crippen LogP contribution in [0.2, 0.25) is 0 Å². The smallest absolute Gasteiger partial charge is 0.478 e. The van der Waals surface area contributed by atoms with Crippen LogP contribution in [0.1, 0.15) is 16.7 Å². The van der Waals surface area contributed by atoms with E-state index in [0.717, 1.165) is 18.2 Å². The largest absolute Gasteiger partial charge is 0.573 e. The van der Waals surface area contributed by atoms with Gasteiger partial charge in [-0.25, -0.2) is 4.79 Å². The summed E-state index contributed by atoms with van der Waals surface area (Å²) in [7, 11) is 0. The minimum Gasteiger partial charge on any atom is -0.478 e. The van der Waals surface area contributed by atoms with Crippen LogP contribution in [0.4, 0.5) is 13.2 Å². The van der Waals surface area contributed by atoms with E-state index in [0.29, 0.717) is 22.3 Å². The van der Waals surface area contributed by atoms with Crippen molar-refractivity contribution in [3.8, 4) is 11.8 Å². The zero-order valence-electron chi connectivity index (χ0n) is 13.2. The summed E-state index contributed by atoms with van der Waals surface area (Å²) in [6, 6.07) is 13.7. The van der Waals surface area contributed by atoms with Crippen molar-refractivity contribution in [1.82, 2.24) is 0 Å². The molecule has 0 aliphatic heterocycles. The van der Waals surface area contributed by atoms with Gasteiger partial charge in [0.1, 0.15) is 5.75 Å². The molecule has 0 fully saturated rings. The Labute approximate surface area is 147 Å². The van der Waals surface area contributed by atoms with Gasteiger partial charge in [0.25, 0.3) is 0 Å². The summed E-state index contributed by atoms with van der Waals surface area (Å²) in [6.07, 6.45) is -1.05. The molecule has 26 heavy (non-hydrogen) atoms. The van der Waals surface area contributed by atoms with Gasteiger partial charge in [-0.2, -0.15) is 5.26 Å². The average molecular weight is 359 g/mol. The van der Waals surface area contributed by atoms with Crippen LogP contribution in [0.25, 0.3) is 5.57 Å². The molecule has 0 bridgehead atoms. The lowest BCUT2D eigenvalue weighted by molar-refractivity contribution is -0.274. The predicted molar refractivity (Wildman–Crippen MR) is 88.1 cm³/mol. The van der Waals surface area contributed by atoms with Crippen molar-refractivity contribution in [2.75, 3.05) is 0 Å². The number of nitriles is 1. The molecule has 0 aliphatic rings. The van der Waals surface area contributed by atoms with Crippen LogP contribution >= 0.6 is 0 Å². The van der Waals surface area contributed by atoms with E-state index in [-0.39, 0.29) is 5.75 Å². The number of carboxylic acids is 1. The summed E-state index contributed by atoms with van der Waals surface area (Å²) in [4.78, 5) is 10.6. The quantitative estimate of drug-likeness (QED) is 0.629.